The Morgan fingerprint density at radius 3 is 2.58 bits per heavy atom. The van der Waals surface area contributed by atoms with Crippen molar-refractivity contribution in [2.24, 2.45) is 0 Å². The lowest BCUT2D eigenvalue weighted by Gasteiger charge is -2.33. The van der Waals surface area contributed by atoms with Crippen LogP contribution in [-0.2, 0) is 9.53 Å². The number of aliphatic hydroxyl groups is 1. The van der Waals surface area contributed by atoms with Gasteiger partial charge in [0.2, 0.25) is 5.91 Å². The van der Waals surface area contributed by atoms with Crippen molar-refractivity contribution in [3.63, 3.8) is 0 Å². The van der Waals surface area contributed by atoms with Crippen LogP contribution in [0.5, 0.6) is 0 Å². The van der Waals surface area contributed by atoms with Crippen LogP contribution in [0.25, 0.3) is 0 Å². The van der Waals surface area contributed by atoms with Crippen LogP contribution < -0.4 is 5.32 Å². The van der Waals surface area contributed by atoms with Crippen LogP contribution in [0.2, 0.25) is 0 Å². The van der Waals surface area contributed by atoms with Gasteiger partial charge in [-0.3, -0.25) is 4.79 Å². The van der Waals surface area contributed by atoms with E-state index >= 15 is 0 Å². The summed E-state index contributed by atoms with van der Waals surface area (Å²) in [6.07, 6.45) is 3.31. The van der Waals surface area contributed by atoms with E-state index in [0.29, 0.717) is 58.7 Å². The number of hydrogen-bond acceptors (Lipinski definition) is 4. The summed E-state index contributed by atoms with van der Waals surface area (Å²) in [6.45, 7) is 7.39. The largest absolute Gasteiger partial charge is 0.390 e. The van der Waals surface area contributed by atoms with Gasteiger partial charge >= 0.3 is 6.03 Å². The van der Waals surface area contributed by atoms with Crippen molar-refractivity contribution >= 4 is 11.9 Å². The number of ether oxygens (including phenoxy) is 1. The molecule has 0 bridgehead atoms. The molecule has 2 aliphatic heterocycles. The minimum absolute atomic E-state index is 0.0377. The molecule has 2 aliphatic rings. The molecular formula is C17H31N3O4. The average Bonchev–Trinajstić information content (AvgIpc) is 3.06. The number of nitrogens with zero attached hydrogens (tertiary/aromatic N) is 2. The highest BCUT2D eigenvalue weighted by Gasteiger charge is 2.36. The van der Waals surface area contributed by atoms with Gasteiger partial charge in [-0.25, -0.2) is 4.79 Å². The number of carbonyl (C=O) groups excluding carboxylic acids is 2. The van der Waals surface area contributed by atoms with Gasteiger partial charge in [-0.15, -0.1) is 0 Å². The number of likely N-dealkylation sites (tertiary alicyclic amines) is 1. The number of carbonyl (C=O) groups is 2. The molecule has 7 heteroatoms. The van der Waals surface area contributed by atoms with Gasteiger partial charge in [-0.05, 0) is 46.0 Å². The van der Waals surface area contributed by atoms with Crippen molar-refractivity contribution in [3.8, 4) is 0 Å². The van der Waals surface area contributed by atoms with Crippen molar-refractivity contribution in [2.75, 3.05) is 39.4 Å². The first-order valence-corrected chi connectivity index (χ1v) is 9.14. The smallest absolute Gasteiger partial charge is 0.318 e. The Morgan fingerprint density at radius 2 is 1.96 bits per heavy atom. The zero-order chi connectivity index (χ0) is 17.6. The Labute approximate surface area is 144 Å². The minimum Gasteiger partial charge on any atom is -0.390 e. The molecule has 7 nitrogen and oxygen atoms in total. The first kappa shape index (κ1) is 19.0. The van der Waals surface area contributed by atoms with Crippen LogP contribution in [0, 0.1) is 0 Å². The summed E-state index contributed by atoms with van der Waals surface area (Å²) < 4.78 is 5.26. The molecule has 2 fully saturated rings. The van der Waals surface area contributed by atoms with E-state index in [1.165, 1.54) is 0 Å². The molecule has 1 atom stereocenters. The van der Waals surface area contributed by atoms with Crippen LogP contribution in [0.1, 0.15) is 46.0 Å². The maximum atomic E-state index is 12.5. The molecule has 0 aliphatic carbocycles. The zero-order valence-electron chi connectivity index (χ0n) is 14.9. The lowest BCUT2D eigenvalue weighted by molar-refractivity contribution is -0.134. The maximum Gasteiger partial charge on any atom is 0.318 e. The van der Waals surface area contributed by atoms with Crippen LogP contribution in [-0.4, -0.2) is 77.9 Å². The van der Waals surface area contributed by atoms with Crippen molar-refractivity contribution < 1.29 is 19.4 Å². The summed E-state index contributed by atoms with van der Waals surface area (Å²) in [7, 11) is 0. The third-order valence-corrected chi connectivity index (χ3v) is 5.16. The molecule has 0 aromatic heterocycles. The van der Waals surface area contributed by atoms with Gasteiger partial charge in [0.05, 0.1) is 5.60 Å². The van der Waals surface area contributed by atoms with Crippen molar-refractivity contribution in [3.05, 3.63) is 0 Å². The summed E-state index contributed by atoms with van der Waals surface area (Å²) in [5.74, 6) is 0.0377. The van der Waals surface area contributed by atoms with E-state index in [1.54, 1.807) is 9.80 Å². The third-order valence-electron chi connectivity index (χ3n) is 5.16. The average molecular weight is 341 g/mol. The number of rotatable bonds is 6. The van der Waals surface area contributed by atoms with Crippen LogP contribution in [0.3, 0.4) is 0 Å². The predicted octanol–water partition coefficient (Wildman–Crippen LogP) is 0.960. The quantitative estimate of drug-likeness (QED) is 0.754. The molecule has 0 aromatic rings. The number of likely N-dealkylation sites (N-methyl/N-ethyl adjacent to an activating group) is 1. The molecule has 0 saturated carbocycles. The SMILES string of the molecule is CCN(CC)C(=O)C1CCCN1C(=O)NCCC1(O)CCOCC1. The molecule has 0 aromatic carbocycles. The molecule has 2 N–H and O–H groups in total. The third kappa shape index (κ3) is 4.60. The monoisotopic (exact) mass is 341 g/mol. The molecule has 1 unspecified atom stereocenters. The van der Waals surface area contributed by atoms with Crippen LogP contribution >= 0.6 is 0 Å². The molecule has 0 spiro atoms. The highest BCUT2D eigenvalue weighted by molar-refractivity contribution is 5.87. The second kappa shape index (κ2) is 8.67. The highest BCUT2D eigenvalue weighted by Crippen LogP contribution is 2.24. The topological polar surface area (TPSA) is 82.1 Å². The van der Waals surface area contributed by atoms with Gasteiger partial charge in [0, 0.05) is 39.4 Å². The Bertz CT molecular complexity index is 434. The number of amides is 3. The van der Waals surface area contributed by atoms with E-state index in [0.717, 1.165) is 12.8 Å². The Kier molecular flexibility index (Phi) is 6.86. The van der Waals surface area contributed by atoms with Crippen LogP contribution in [0.15, 0.2) is 0 Å². The van der Waals surface area contributed by atoms with Crippen molar-refractivity contribution in [2.45, 2.75) is 57.6 Å². The Hall–Kier alpha value is -1.34. The molecule has 2 heterocycles. The molecule has 0 radical (unpaired) electrons. The van der Waals surface area contributed by atoms with Gasteiger partial charge in [0.1, 0.15) is 6.04 Å². The lowest BCUT2D eigenvalue weighted by Crippen LogP contribution is -2.51. The van der Waals surface area contributed by atoms with Gasteiger partial charge in [0.25, 0.3) is 0 Å². The second-order valence-corrected chi connectivity index (χ2v) is 6.68. The Morgan fingerprint density at radius 1 is 1.29 bits per heavy atom. The van der Waals surface area contributed by atoms with Crippen molar-refractivity contribution in [1.82, 2.24) is 15.1 Å². The van der Waals surface area contributed by atoms with E-state index in [9.17, 15) is 14.7 Å². The zero-order valence-corrected chi connectivity index (χ0v) is 14.9. The summed E-state index contributed by atoms with van der Waals surface area (Å²) in [5.41, 5.74) is -0.743. The lowest BCUT2D eigenvalue weighted by atomic mass is 9.91. The normalized spacial score (nSPS) is 23.1. The molecular weight excluding hydrogens is 310 g/mol. The van der Waals surface area contributed by atoms with E-state index in [1.807, 2.05) is 13.8 Å². The molecule has 2 rings (SSSR count). The fourth-order valence-corrected chi connectivity index (χ4v) is 3.52. The minimum atomic E-state index is -0.743. The van der Waals surface area contributed by atoms with Crippen LogP contribution in [0.4, 0.5) is 4.79 Å². The van der Waals surface area contributed by atoms with Gasteiger partial charge in [-0.2, -0.15) is 0 Å². The highest BCUT2D eigenvalue weighted by atomic mass is 16.5. The number of urea groups is 1. The van der Waals surface area contributed by atoms with E-state index in [-0.39, 0.29) is 18.0 Å². The molecule has 24 heavy (non-hydrogen) atoms. The summed E-state index contributed by atoms with van der Waals surface area (Å²) in [6, 6.07) is -0.551. The van der Waals surface area contributed by atoms with Gasteiger partial charge in [-0.1, -0.05) is 0 Å². The standard InChI is InChI=1S/C17H31N3O4/c1-3-19(4-2)15(21)14-6-5-11-20(14)16(22)18-10-7-17(23)8-12-24-13-9-17/h14,23H,3-13H2,1-2H3,(H,18,22). The van der Waals surface area contributed by atoms with Gasteiger partial charge in [0.15, 0.2) is 0 Å². The maximum absolute atomic E-state index is 12.5. The summed E-state index contributed by atoms with van der Waals surface area (Å²) in [5, 5.41) is 13.3. The second-order valence-electron chi connectivity index (χ2n) is 6.68. The van der Waals surface area contributed by atoms with E-state index in [2.05, 4.69) is 5.32 Å². The Balaban J connectivity index is 1.83. The molecule has 2 saturated heterocycles. The molecule has 3 amide bonds. The summed E-state index contributed by atoms with van der Waals surface area (Å²) >= 11 is 0. The molecule has 138 valence electrons. The van der Waals surface area contributed by atoms with Gasteiger partial charge < -0.3 is 25.0 Å². The van der Waals surface area contributed by atoms with E-state index in [4.69, 9.17) is 4.74 Å². The van der Waals surface area contributed by atoms with E-state index < -0.39 is 5.60 Å². The predicted molar refractivity (Wildman–Crippen MR) is 90.7 cm³/mol. The summed E-state index contributed by atoms with van der Waals surface area (Å²) in [4.78, 5) is 28.4. The van der Waals surface area contributed by atoms with Crippen molar-refractivity contribution in [1.29, 1.82) is 0 Å². The fraction of sp³-hybridized carbons (Fsp3) is 0.882. The number of nitrogens with one attached hydrogen (secondary N) is 1. The fourth-order valence-electron chi connectivity index (χ4n) is 3.52. The first-order valence-electron chi connectivity index (χ1n) is 9.14. The number of hydrogen-bond donors (Lipinski definition) is 2. The first-order chi connectivity index (χ1) is 11.5.